The quantitative estimate of drug-likeness (QED) is 0.754. The Labute approximate surface area is 111 Å². The molecule has 5 heteroatoms. The summed E-state index contributed by atoms with van der Waals surface area (Å²) in [6.07, 6.45) is 0.780. The van der Waals surface area contributed by atoms with Gasteiger partial charge in [-0.1, -0.05) is 29.8 Å². The molecule has 3 N–H and O–H groups in total. The third kappa shape index (κ3) is 3.45. The van der Waals surface area contributed by atoms with Gasteiger partial charge in [-0.15, -0.1) is 0 Å². The van der Waals surface area contributed by atoms with Gasteiger partial charge in [-0.3, -0.25) is 4.79 Å². The summed E-state index contributed by atoms with van der Waals surface area (Å²) in [6.45, 7) is 1.04. The predicted molar refractivity (Wildman–Crippen MR) is 70.6 cm³/mol. The van der Waals surface area contributed by atoms with Crippen molar-refractivity contribution in [3.05, 3.63) is 34.9 Å². The summed E-state index contributed by atoms with van der Waals surface area (Å²) in [6, 6.07) is 7.33. The Balaban J connectivity index is 1.75. The van der Waals surface area contributed by atoms with Gasteiger partial charge in [0.1, 0.15) is 0 Å². The fraction of sp³-hybridized carbons (Fsp3) is 0.462. The van der Waals surface area contributed by atoms with E-state index in [0.717, 1.165) is 10.6 Å². The van der Waals surface area contributed by atoms with Gasteiger partial charge in [0.2, 0.25) is 5.91 Å². The lowest BCUT2D eigenvalue weighted by Crippen LogP contribution is -2.41. The molecule has 1 saturated heterocycles. The van der Waals surface area contributed by atoms with Crippen LogP contribution in [0.5, 0.6) is 0 Å². The van der Waals surface area contributed by atoms with E-state index in [1.807, 2.05) is 24.3 Å². The van der Waals surface area contributed by atoms with Gasteiger partial charge >= 0.3 is 0 Å². The SMILES string of the molecule is O=C(NCCc1ccccc1Cl)C1CC(O)CN1. The fourth-order valence-electron chi connectivity index (χ4n) is 2.06. The molecular weight excluding hydrogens is 252 g/mol. The highest BCUT2D eigenvalue weighted by Crippen LogP contribution is 2.14. The van der Waals surface area contributed by atoms with Gasteiger partial charge in [0.25, 0.3) is 0 Å². The predicted octanol–water partition coefficient (Wildman–Crippen LogP) is 0.721. The van der Waals surface area contributed by atoms with E-state index in [4.69, 9.17) is 11.6 Å². The van der Waals surface area contributed by atoms with Crippen molar-refractivity contribution in [1.82, 2.24) is 10.6 Å². The zero-order chi connectivity index (χ0) is 13.0. The minimum atomic E-state index is -0.413. The molecule has 2 rings (SSSR count). The first-order chi connectivity index (χ1) is 8.66. The first-order valence-corrected chi connectivity index (χ1v) is 6.47. The van der Waals surface area contributed by atoms with Crippen LogP contribution in [0, 0.1) is 0 Å². The molecule has 1 aromatic carbocycles. The molecule has 0 aromatic heterocycles. The van der Waals surface area contributed by atoms with E-state index in [9.17, 15) is 9.90 Å². The lowest BCUT2D eigenvalue weighted by Gasteiger charge is -2.11. The average Bonchev–Trinajstić information content (AvgIpc) is 2.78. The molecule has 1 heterocycles. The van der Waals surface area contributed by atoms with E-state index in [-0.39, 0.29) is 11.9 Å². The zero-order valence-electron chi connectivity index (χ0n) is 10.0. The Kier molecular flexibility index (Phi) is 4.58. The van der Waals surface area contributed by atoms with Crippen molar-refractivity contribution in [1.29, 1.82) is 0 Å². The number of aliphatic hydroxyl groups is 1. The third-order valence-electron chi connectivity index (χ3n) is 3.08. The third-order valence-corrected chi connectivity index (χ3v) is 3.44. The number of amides is 1. The van der Waals surface area contributed by atoms with Crippen molar-refractivity contribution < 1.29 is 9.90 Å². The number of nitrogens with one attached hydrogen (secondary N) is 2. The van der Waals surface area contributed by atoms with Gasteiger partial charge in [0.15, 0.2) is 0 Å². The van der Waals surface area contributed by atoms with E-state index in [1.54, 1.807) is 0 Å². The highest BCUT2D eigenvalue weighted by atomic mass is 35.5. The molecule has 1 fully saturated rings. The fourth-order valence-corrected chi connectivity index (χ4v) is 2.29. The van der Waals surface area contributed by atoms with Crippen molar-refractivity contribution in [2.45, 2.75) is 25.0 Å². The van der Waals surface area contributed by atoms with Crippen LogP contribution in [0.2, 0.25) is 5.02 Å². The summed E-state index contributed by atoms with van der Waals surface area (Å²) in [7, 11) is 0. The number of hydrogen-bond acceptors (Lipinski definition) is 3. The summed E-state index contributed by atoms with van der Waals surface area (Å²) >= 11 is 6.03. The van der Waals surface area contributed by atoms with Crippen molar-refractivity contribution >= 4 is 17.5 Å². The minimum Gasteiger partial charge on any atom is -0.392 e. The second kappa shape index (κ2) is 6.18. The molecule has 0 bridgehead atoms. The average molecular weight is 269 g/mol. The maximum atomic E-state index is 11.7. The summed E-state index contributed by atoms with van der Waals surface area (Å²) in [5, 5.41) is 15.9. The van der Waals surface area contributed by atoms with Gasteiger partial charge in [-0.2, -0.15) is 0 Å². The van der Waals surface area contributed by atoms with Gasteiger partial charge in [-0.25, -0.2) is 0 Å². The first-order valence-electron chi connectivity index (χ1n) is 6.09. The number of carbonyl (C=O) groups excluding carboxylic acids is 1. The molecule has 1 aliphatic rings. The maximum absolute atomic E-state index is 11.7. The van der Waals surface area contributed by atoms with Crippen molar-refractivity contribution in [2.75, 3.05) is 13.1 Å². The molecular formula is C13H17ClN2O2. The summed E-state index contributed by atoms with van der Waals surface area (Å²) in [4.78, 5) is 11.7. The Bertz CT molecular complexity index is 425. The van der Waals surface area contributed by atoms with E-state index < -0.39 is 6.10 Å². The van der Waals surface area contributed by atoms with E-state index in [0.29, 0.717) is 25.9 Å². The molecule has 0 aliphatic carbocycles. The summed E-state index contributed by atoms with van der Waals surface area (Å²) in [5.74, 6) is -0.0568. The highest BCUT2D eigenvalue weighted by molar-refractivity contribution is 6.31. The topological polar surface area (TPSA) is 61.4 Å². The monoisotopic (exact) mass is 268 g/mol. The van der Waals surface area contributed by atoms with Crippen molar-refractivity contribution in [2.24, 2.45) is 0 Å². The molecule has 0 spiro atoms. The number of benzene rings is 1. The maximum Gasteiger partial charge on any atom is 0.237 e. The second-order valence-electron chi connectivity index (χ2n) is 4.48. The number of β-amino-alcohol motifs (C(OH)–C–C–N with tert-alkyl or cyclic N) is 1. The van der Waals surface area contributed by atoms with Crippen LogP contribution in [0.3, 0.4) is 0 Å². The molecule has 98 valence electrons. The van der Waals surface area contributed by atoms with Crippen LogP contribution < -0.4 is 10.6 Å². The van der Waals surface area contributed by atoms with Crippen molar-refractivity contribution in [3.8, 4) is 0 Å². The molecule has 4 nitrogen and oxygen atoms in total. The molecule has 0 saturated carbocycles. The smallest absolute Gasteiger partial charge is 0.237 e. The largest absolute Gasteiger partial charge is 0.392 e. The number of rotatable bonds is 4. The van der Waals surface area contributed by atoms with Crippen LogP contribution in [0.25, 0.3) is 0 Å². The first kappa shape index (κ1) is 13.3. The van der Waals surface area contributed by atoms with Crippen LogP contribution in [-0.2, 0) is 11.2 Å². The molecule has 18 heavy (non-hydrogen) atoms. The Morgan fingerprint density at radius 3 is 2.94 bits per heavy atom. The van der Waals surface area contributed by atoms with Gasteiger partial charge < -0.3 is 15.7 Å². The Hall–Kier alpha value is -1.10. The molecule has 1 aromatic rings. The molecule has 0 radical (unpaired) electrons. The second-order valence-corrected chi connectivity index (χ2v) is 4.89. The molecule has 1 aliphatic heterocycles. The van der Waals surface area contributed by atoms with Gasteiger partial charge in [0.05, 0.1) is 12.1 Å². The normalized spacial score (nSPS) is 23.0. The standard InChI is InChI=1S/C13H17ClN2O2/c14-11-4-2-1-3-9(11)5-6-15-13(18)12-7-10(17)8-16-12/h1-4,10,12,16-17H,5-8H2,(H,15,18). The van der Waals surface area contributed by atoms with E-state index >= 15 is 0 Å². The zero-order valence-corrected chi connectivity index (χ0v) is 10.8. The number of aliphatic hydroxyl groups excluding tert-OH is 1. The minimum absolute atomic E-state index is 0.0568. The van der Waals surface area contributed by atoms with Crippen LogP contribution in [-0.4, -0.2) is 36.2 Å². The van der Waals surface area contributed by atoms with Gasteiger partial charge in [0, 0.05) is 18.1 Å². The number of halogens is 1. The Morgan fingerprint density at radius 2 is 2.28 bits per heavy atom. The Morgan fingerprint density at radius 1 is 1.50 bits per heavy atom. The lowest BCUT2D eigenvalue weighted by atomic mass is 10.1. The lowest BCUT2D eigenvalue weighted by molar-refractivity contribution is -0.122. The summed E-state index contributed by atoms with van der Waals surface area (Å²) in [5.41, 5.74) is 1.03. The van der Waals surface area contributed by atoms with Crippen LogP contribution in [0.4, 0.5) is 0 Å². The number of hydrogen-bond donors (Lipinski definition) is 3. The van der Waals surface area contributed by atoms with Gasteiger partial charge in [-0.05, 0) is 24.5 Å². The van der Waals surface area contributed by atoms with Crippen LogP contribution in [0.1, 0.15) is 12.0 Å². The van der Waals surface area contributed by atoms with Crippen molar-refractivity contribution in [3.63, 3.8) is 0 Å². The summed E-state index contributed by atoms with van der Waals surface area (Å²) < 4.78 is 0. The van der Waals surface area contributed by atoms with Crippen LogP contribution in [0.15, 0.2) is 24.3 Å². The van der Waals surface area contributed by atoms with E-state index in [2.05, 4.69) is 10.6 Å². The van der Waals surface area contributed by atoms with Crippen LogP contribution >= 0.6 is 11.6 Å². The molecule has 2 atom stereocenters. The number of carbonyl (C=O) groups is 1. The molecule has 1 amide bonds. The van der Waals surface area contributed by atoms with E-state index in [1.165, 1.54) is 0 Å². The molecule has 2 unspecified atom stereocenters. The highest BCUT2D eigenvalue weighted by Gasteiger charge is 2.27.